The molecule has 0 saturated carbocycles. The van der Waals surface area contributed by atoms with E-state index >= 15 is 0 Å². The number of hydrogen-bond acceptors (Lipinski definition) is 7. The molecule has 0 amide bonds. The maximum atomic E-state index is 13.1. The number of aromatic nitrogens is 5. The second-order valence-electron chi connectivity index (χ2n) is 7.28. The topological polar surface area (TPSA) is 91.4 Å². The zero-order valence-corrected chi connectivity index (χ0v) is 18.3. The van der Waals surface area contributed by atoms with Crippen molar-refractivity contribution in [3.8, 4) is 11.3 Å². The predicted molar refractivity (Wildman–Crippen MR) is 122 cm³/mol. The number of carbonyl (C=O) groups is 1. The molecule has 160 valence electrons. The highest BCUT2D eigenvalue weighted by atomic mass is 32.1. The van der Waals surface area contributed by atoms with E-state index in [0.717, 1.165) is 11.3 Å². The summed E-state index contributed by atoms with van der Waals surface area (Å²) in [5.74, 6) is -0.519. The third-order valence-electron chi connectivity index (χ3n) is 5.18. The van der Waals surface area contributed by atoms with Crippen LogP contribution in [0.25, 0.3) is 27.3 Å². The van der Waals surface area contributed by atoms with Crippen LogP contribution in [0.15, 0.2) is 58.8 Å². The van der Waals surface area contributed by atoms with E-state index in [1.54, 1.807) is 16.9 Å². The fourth-order valence-electron chi connectivity index (χ4n) is 3.60. The van der Waals surface area contributed by atoms with Crippen LogP contribution in [-0.4, -0.2) is 30.1 Å². The smallest absolute Gasteiger partial charge is 0.339 e. The number of fused-ring (bicyclic) bond motifs is 2. The van der Waals surface area contributed by atoms with E-state index in [1.807, 2.05) is 49.6 Å². The molecule has 0 N–H and O–H groups in total. The fraction of sp³-hybridized carbons (Fsp3) is 0.174. The highest BCUT2D eigenvalue weighted by molar-refractivity contribution is 7.15. The Kier molecular flexibility index (Phi) is 5.02. The van der Waals surface area contributed by atoms with Crippen molar-refractivity contribution in [3.63, 3.8) is 0 Å². The van der Waals surface area contributed by atoms with Gasteiger partial charge in [-0.25, -0.2) is 19.4 Å². The van der Waals surface area contributed by atoms with E-state index < -0.39 is 5.97 Å². The maximum Gasteiger partial charge on any atom is 0.339 e. The lowest BCUT2D eigenvalue weighted by molar-refractivity contribution is 0.0470. The van der Waals surface area contributed by atoms with Gasteiger partial charge in [-0.15, -0.1) is 11.3 Å². The molecule has 0 saturated heterocycles. The van der Waals surface area contributed by atoms with Crippen molar-refractivity contribution in [1.82, 2.24) is 24.1 Å². The van der Waals surface area contributed by atoms with Crippen molar-refractivity contribution in [3.05, 3.63) is 81.3 Å². The van der Waals surface area contributed by atoms with Gasteiger partial charge in [0.05, 0.1) is 28.5 Å². The SMILES string of the molecule is CCn1ncc2c(C(=O)OCc3cc(=O)n4c(C)csc4n3)cc(-c3ccccc3)nc21. The minimum atomic E-state index is -0.519. The van der Waals surface area contributed by atoms with Crippen LogP contribution in [0.2, 0.25) is 0 Å². The molecule has 0 spiro atoms. The van der Waals surface area contributed by atoms with Crippen LogP contribution >= 0.6 is 11.3 Å². The Morgan fingerprint density at radius 1 is 1.16 bits per heavy atom. The summed E-state index contributed by atoms with van der Waals surface area (Å²) in [5, 5.41) is 6.83. The zero-order chi connectivity index (χ0) is 22.2. The first kappa shape index (κ1) is 20.1. The standard InChI is InChI=1S/C23H19N5O3S/c1-3-27-21-18(11-24-27)17(10-19(26-21)15-7-5-4-6-8-15)22(30)31-12-16-9-20(29)28-14(2)13-32-23(28)25-16/h4-11,13H,3,12H2,1-2H3. The molecule has 5 aromatic rings. The molecule has 0 bridgehead atoms. The molecule has 1 aromatic carbocycles. The molecular weight excluding hydrogens is 426 g/mol. The van der Waals surface area contributed by atoms with E-state index in [2.05, 4.69) is 10.1 Å². The molecule has 0 unspecified atom stereocenters. The van der Waals surface area contributed by atoms with Crippen LogP contribution in [0, 0.1) is 6.92 Å². The molecule has 0 fully saturated rings. The van der Waals surface area contributed by atoms with Gasteiger partial charge in [0.15, 0.2) is 10.6 Å². The van der Waals surface area contributed by atoms with Crippen LogP contribution in [-0.2, 0) is 17.9 Å². The Labute approximate surface area is 186 Å². The van der Waals surface area contributed by atoms with E-state index in [4.69, 9.17) is 9.72 Å². The van der Waals surface area contributed by atoms with Gasteiger partial charge in [0.2, 0.25) is 0 Å². The number of pyridine rings is 1. The van der Waals surface area contributed by atoms with Crippen molar-refractivity contribution in [2.75, 3.05) is 0 Å². The van der Waals surface area contributed by atoms with Gasteiger partial charge in [-0.2, -0.15) is 5.10 Å². The fourth-order valence-corrected chi connectivity index (χ4v) is 4.49. The van der Waals surface area contributed by atoms with Crippen molar-refractivity contribution < 1.29 is 9.53 Å². The molecule has 8 nitrogen and oxygen atoms in total. The first-order valence-corrected chi connectivity index (χ1v) is 11.0. The minimum absolute atomic E-state index is 0.103. The lowest BCUT2D eigenvalue weighted by Gasteiger charge is -2.09. The third-order valence-corrected chi connectivity index (χ3v) is 6.12. The van der Waals surface area contributed by atoms with Crippen molar-refractivity contribution >= 4 is 33.3 Å². The van der Waals surface area contributed by atoms with Gasteiger partial charge in [0.1, 0.15) is 6.61 Å². The monoisotopic (exact) mass is 445 g/mol. The second kappa shape index (κ2) is 8.01. The molecule has 0 aliphatic rings. The second-order valence-corrected chi connectivity index (χ2v) is 8.11. The van der Waals surface area contributed by atoms with Gasteiger partial charge in [0.25, 0.3) is 5.56 Å². The highest BCUT2D eigenvalue weighted by Crippen LogP contribution is 2.25. The zero-order valence-electron chi connectivity index (χ0n) is 17.5. The number of aryl methyl sites for hydroxylation is 2. The summed E-state index contributed by atoms with van der Waals surface area (Å²) in [6.45, 7) is 4.33. The van der Waals surface area contributed by atoms with E-state index in [0.29, 0.717) is 39.5 Å². The number of ether oxygens (including phenoxy) is 1. The summed E-state index contributed by atoms with van der Waals surface area (Å²) >= 11 is 1.37. The molecular formula is C23H19N5O3S. The van der Waals surface area contributed by atoms with Crippen LogP contribution in [0.1, 0.15) is 28.7 Å². The van der Waals surface area contributed by atoms with Crippen LogP contribution < -0.4 is 5.56 Å². The average molecular weight is 446 g/mol. The number of esters is 1. The summed E-state index contributed by atoms with van der Waals surface area (Å²) in [6, 6.07) is 12.8. The van der Waals surface area contributed by atoms with Gasteiger partial charge < -0.3 is 4.74 Å². The molecule has 0 radical (unpaired) electrons. The lowest BCUT2D eigenvalue weighted by Crippen LogP contribution is -2.16. The number of carbonyl (C=O) groups excluding carboxylic acids is 1. The van der Waals surface area contributed by atoms with Crippen molar-refractivity contribution in [2.45, 2.75) is 27.0 Å². The Hall–Kier alpha value is -3.85. The molecule has 0 aliphatic carbocycles. The summed E-state index contributed by atoms with van der Waals surface area (Å²) in [6.07, 6.45) is 1.63. The Balaban J connectivity index is 1.50. The van der Waals surface area contributed by atoms with Gasteiger partial charge in [0, 0.05) is 29.2 Å². The number of benzene rings is 1. The summed E-state index contributed by atoms with van der Waals surface area (Å²) < 4.78 is 8.84. The number of rotatable bonds is 5. The van der Waals surface area contributed by atoms with Gasteiger partial charge >= 0.3 is 5.97 Å². The van der Waals surface area contributed by atoms with Gasteiger partial charge in [-0.1, -0.05) is 30.3 Å². The molecule has 32 heavy (non-hydrogen) atoms. The first-order chi connectivity index (χ1) is 15.5. The van der Waals surface area contributed by atoms with Gasteiger partial charge in [-0.3, -0.25) is 9.20 Å². The molecule has 0 atom stereocenters. The predicted octanol–water partition coefficient (Wildman–Crippen LogP) is 3.85. The lowest BCUT2D eigenvalue weighted by atomic mass is 10.1. The average Bonchev–Trinajstić information content (AvgIpc) is 3.40. The largest absolute Gasteiger partial charge is 0.456 e. The van der Waals surface area contributed by atoms with Crippen LogP contribution in [0.4, 0.5) is 0 Å². The Morgan fingerprint density at radius 3 is 2.75 bits per heavy atom. The molecule has 5 rings (SSSR count). The quantitative estimate of drug-likeness (QED) is 0.382. The summed E-state index contributed by atoms with van der Waals surface area (Å²) in [4.78, 5) is 35.2. The summed E-state index contributed by atoms with van der Waals surface area (Å²) in [7, 11) is 0. The van der Waals surface area contributed by atoms with Crippen LogP contribution in [0.3, 0.4) is 0 Å². The third kappa shape index (κ3) is 3.46. The number of thiazole rings is 1. The van der Waals surface area contributed by atoms with Crippen molar-refractivity contribution in [2.24, 2.45) is 0 Å². The first-order valence-electron chi connectivity index (χ1n) is 10.1. The van der Waals surface area contributed by atoms with Crippen LogP contribution in [0.5, 0.6) is 0 Å². The van der Waals surface area contributed by atoms with Crippen molar-refractivity contribution in [1.29, 1.82) is 0 Å². The minimum Gasteiger partial charge on any atom is -0.456 e. The molecule has 9 heteroatoms. The normalized spacial score (nSPS) is 11.3. The van der Waals surface area contributed by atoms with E-state index in [1.165, 1.54) is 21.8 Å². The Morgan fingerprint density at radius 2 is 1.97 bits per heavy atom. The Bertz CT molecular complexity index is 1520. The van der Waals surface area contributed by atoms with E-state index in [9.17, 15) is 9.59 Å². The molecule has 4 heterocycles. The van der Waals surface area contributed by atoms with E-state index in [-0.39, 0.29) is 12.2 Å². The number of nitrogens with zero attached hydrogens (tertiary/aromatic N) is 5. The highest BCUT2D eigenvalue weighted by Gasteiger charge is 2.19. The molecule has 4 aromatic heterocycles. The maximum absolute atomic E-state index is 13.1. The number of hydrogen-bond donors (Lipinski definition) is 0. The van der Waals surface area contributed by atoms with Gasteiger partial charge in [-0.05, 0) is 19.9 Å². The molecule has 0 aliphatic heterocycles. The summed E-state index contributed by atoms with van der Waals surface area (Å²) in [5.41, 5.74) is 3.58.